The number of nitrogens with one attached hydrogen (secondary N) is 1. The molecule has 0 heterocycles. The first-order valence-corrected chi connectivity index (χ1v) is 6.66. The summed E-state index contributed by atoms with van der Waals surface area (Å²) in [6.45, 7) is 1.73. The van der Waals surface area contributed by atoms with Crippen molar-refractivity contribution in [3.05, 3.63) is 29.8 Å². The highest BCUT2D eigenvalue weighted by molar-refractivity contribution is 5.81. The van der Waals surface area contributed by atoms with Crippen LogP contribution in [0.15, 0.2) is 24.3 Å². The molecule has 0 unspecified atom stereocenters. The van der Waals surface area contributed by atoms with E-state index in [-0.39, 0.29) is 5.91 Å². The Kier molecular flexibility index (Phi) is 4.40. The van der Waals surface area contributed by atoms with Gasteiger partial charge in [0.25, 0.3) is 5.91 Å². The number of amides is 1. The number of hydrogen-bond acceptors (Lipinski definition) is 3. The Balaban J connectivity index is 1.90. The Hall–Kier alpha value is -2.02. The van der Waals surface area contributed by atoms with Crippen molar-refractivity contribution in [2.75, 3.05) is 0 Å². The third-order valence-electron chi connectivity index (χ3n) is 3.35. The van der Waals surface area contributed by atoms with Crippen LogP contribution < -0.4 is 10.1 Å². The fourth-order valence-electron chi connectivity index (χ4n) is 2.29. The van der Waals surface area contributed by atoms with Crippen LogP contribution in [0.25, 0.3) is 0 Å². The average molecular weight is 258 g/mol. The van der Waals surface area contributed by atoms with E-state index in [2.05, 4.69) is 5.32 Å². The quantitative estimate of drug-likeness (QED) is 0.902. The summed E-state index contributed by atoms with van der Waals surface area (Å²) in [5, 5.41) is 11.8. The Morgan fingerprint density at radius 3 is 2.89 bits per heavy atom. The minimum Gasteiger partial charge on any atom is -0.481 e. The van der Waals surface area contributed by atoms with Gasteiger partial charge in [-0.25, -0.2) is 0 Å². The monoisotopic (exact) mass is 258 g/mol. The van der Waals surface area contributed by atoms with Crippen molar-refractivity contribution in [1.29, 1.82) is 5.26 Å². The van der Waals surface area contributed by atoms with E-state index in [9.17, 15) is 4.79 Å². The lowest BCUT2D eigenvalue weighted by Gasteiger charge is -2.18. The third-order valence-corrected chi connectivity index (χ3v) is 3.35. The number of benzene rings is 1. The fourth-order valence-corrected chi connectivity index (χ4v) is 2.29. The predicted octanol–water partition coefficient (Wildman–Crippen LogP) is 2.38. The smallest absolute Gasteiger partial charge is 0.260 e. The molecule has 1 fully saturated rings. The summed E-state index contributed by atoms with van der Waals surface area (Å²) < 4.78 is 5.57. The first kappa shape index (κ1) is 13.4. The van der Waals surface area contributed by atoms with Gasteiger partial charge < -0.3 is 10.1 Å². The lowest BCUT2D eigenvalue weighted by atomic mass is 10.2. The highest BCUT2D eigenvalue weighted by Gasteiger charge is 2.21. The van der Waals surface area contributed by atoms with Crippen LogP contribution in [-0.4, -0.2) is 18.1 Å². The van der Waals surface area contributed by atoms with Gasteiger partial charge in [0, 0.05) is 6.04 Å². The predicted molar refractivity (Wildman–Crippen MR) is 71.6 cm³/mol. The second-order valence-electron chi connectivity index (χ2n) is 4.89. The lowest BCUT2D eigenvalue weighted by Crippen LogP contribution is -2.41. The fraction of sp³-hybridized carbons (Fsp3) is 0.467. The molecule has 1 aliphatic carbocycles. The van der Waals surface area contributed by atoms with E-state index in [0.29, 0.717) is 17.4 Å². The van der Waals surface area contributed by atoms with E-state index < -0.39 is 6.10 Å². The van der Waals surface area contributed by atoms with Gasteiger partial charge in [-0.2, -0.15) is 5.26 Å². The van der Waals surface area contributed by atoms with Gasteiger partial charge in [-0.1, -0.05) is 18.9 Å². The second-order valence-corrected chi connectivity index (χ2v) is 4.89. The molecular weight excluding hydrogens is 240 g/mol. The summed E-state index contributed by atoms with van der Waals surface area (Å²) in [5.74, 6) is 0.461. The summed E-state index contributed by atoms with van der Waals surface area (Å²) in [6, 6.07) is 9.18. The van der Waals surface area contributed by atoms with E-state index in [1.54, 1.807) is 31.2 Å². The molecular formula is C15H18N2O2. The number of rotatable bonds is 4. The molecule has 0 saturated heterocycles. The molecule has 1 atom stereocenters. The molecule has 0 radical (unpaired) electrons. The number of carbonyl (C=O) groups excluding carboxylic acids is 1. The van der Waals surface area contributed by atoms with Crippen LogP contribution in [0, 0.1) is 11.3 Å². The second kappa shape index (κ2) is 6.24. The van der Waals surface area contributed by atoms with E-state index in [1.807, 2.05) is 6.07 Å². The summed E-state index contributed by atoms with van der Waals surface area (Å²) in [4.78, 5) is 12.0. The maximum Gasteiger partial charge on any atom is 0.260 e. The van der Waals surface area contributed by atoms with Crippen LogP contribution in [-0.2, 0) is 4.79 Å². The highest BCUT2D eigenvalue weighted by Crippen LogP contribution is 2.18. The topological polar surface area (TPSA) is 62.1 Å². The van der Waals surface area contributed by atoms with Gasteiger partial charge in [0.1, 0.15) is 5.75 Å². The molecule has 0 spiro atoms. The zero-order valence-corrected chi connectivity index (χ0v) is 11.1. The zero-order chi connectivity index (χ0) is 13.7. The van der Waals surface area contributed by atoms with Crippen molar-refractivity contribution in [3.63, 3.8) is 0 Å². The van der Waals surface area contributed by atoms with E-state index in [4.69, 9.17) is 10.00 Å². The van der Waals surface area contributed by atoms with Crippen molar-refractivity contribution in [2.45, 2.75) is 44.8 Å². The lowest BCUT2D eigenvalue weighted by molar-refractivity contribution is -0.127. The first-order valence-electron chi connectivity index (χ1n) is 6.66. The van der Waals surface area contributed by atoms with E-state index in [0.717, 1.165) is 12.8 Å². The van der Waals surface area contributed by atoms with Crippen LogP contribution in [0.3, 0.4) is 0 Å². The van der Waals surface area contributed by atoms with E-state index in [1.165, 1.54) is 12.8 Å². The maximum atomic E-state index is 12.0. The van der Waals surface area contributed by atoms with E-state index >= 15 is 0 Å². The number of hydrogen-bond donors (Lipinski definition) is 1. The molecule has 19 heavy (non-hydrogen) atoms. The minimum atomic E-state index is -0.547. The Morgan fingerprint density at radius 2 is 2.21 bits per heavy atom. The van der Waals surface area contributed by atoms with Crippen molar-refractivity contribution in [2.24, 2.45) is 0 Å². The zero-order valence-electron chi connectivity index (χ0n) is 11.1. The molecule has 0 aromatic heterocycles. The van der Waals surface area contributed by atoms with Gasteiger partial charge >= 0.3 is 0 Å². The third kappa shape index (κ3) is 3.72. The summed E-state index contributed by atoms with van der Waals surface area (Å²) in [6.07, 6.45) is 3.94. The largest absolute Gasteiger partial charge is 0.481 e. The molecule has 100 valence electrons. The molecule has 1 aliphatic rings. The average Bonchev–Trinajstić information content (AvgIpc) is 2.91. The molecule has 1 N–H and O–H groups in total. The number of ether oxygens (including phenoxy) is 1. The summed E-state index contributed by atoms with van der Waals surface area (Å²) in [5.41, 5.74) is 0.529. The molecule has 1 saturated carbocycles. The molecule has 4 heteroatoms. The van der Waals surface area contributed by atoms with Crippen molar-refractivity contribution < 1.29 is 9.53 Å². The SMILES string of the molecule is C[C@H](Oc1cccc(C#N)c1)C(=O)NC1CCCC1. The molecule has 1 aromatic rings. The number of nitrogens with zero attached hydrogens (tertiary/aromatic N) is 1. The Bertz CT molecular complexity index is 487. The van der Waals surface area contributed by atoms with Crippen LogP contribution in [0.4, 0.5) is 0 Å². The van der Waals surface area contributed by atoms with Gasteiger partial charge in [-0.05, 0) is 38.0 Å². The van der Waals surface area contributed by atoms with Gasteiger partial charge in [0.2, 0.25) is 0 Å². The van der Waals surface area contributed by atoms with Crippen LogP contribution in [0.5, 0.6) is 5.75 Å². The van der Waals surface area contributed by atoms with Crippen molar-refractivity contribution >= 4 is 5.91 Å². The van der Waals surface area contributed by atoms with Gasteiger partial charge in [0.05, 0.1) is 11.6 Å². The molecule has 1 aromatic carbocycles. The van der Waals surface area contributed by atoms with Crippen LogP contribution >= 0.6 is 0 Å². The van der Waals surface area contributed by atoms with Crippen molar-refractivity contribution in [3.8, 4) is 11.8 Å². The first-order chi connectivity index (χ1) is 9.19. The Morgan fingerprint density at radius 1 is 1.47 bits per heavy atom. The minimum absolute atomic E-state index is 0.0886. The molecule has 1 amide bonds. The summed E-state index contributed by atoms with van der Waals surface area (Å²) in [7, 11) is 0. The molecule has 0 aliphatic heterocycles. The van der Waals surface area contributed by atoms with Gasteiger partial charge in [0.15, 0.2) is 6.10 Å². The van der Waals surface area contributed by atoms with Gasteiger partial charge in [-0.15, -0.1) is 0 Å². The van der Waals surface area contributed by atoms with Crippen LogP contribution in [0.1, 0.15) is 38.2 Å². The van der Waals surface area contributed by atoms with Crippen LogP contribution in [0.2, 0.25) is 0 Å². The maximum absolute atomic E-state index is 12.0. The molecule has 4 nitrogen and oxygen atoms in total. The number of carbonyl (C=O) groups is 1. The summed E-state index contributed by atoms with van der Waals surface area (Å²) >= 11 is 0. The normalized spacial score (nSPS) is 16.6. The molecule has 2 rings (SSSR count). The van der Waals surface area contributed by atoms with Crippen molar-refractivity contribution in [1.82, 2.24) is 5.32 Å². The molecule has 0 bridgehead atoms. The van der Waals surface area contributed by atoms with Gasteiger partial charge in [-0.3, -0.25) is 4.79 Å². The Labute approximate surface area is 113 Å². The standard InChI is InChI=1S/C15H18N2O2/c1-11(15(18)17-13-6-2-3-7-13)19-14-8-4-5-12(9-14)10-16/h4-5,8-9,11,13H,2-3,6-7H2,1H3,(H,17,18)/t11-/m0/s1. The highest BCUT2D eigenvalue weighted by atomic mass is 16.5. The number of nitriles is 1.